The first-order chi connectivity index (χ1) is 16.4. The number of halogens is 2. The third-order valence-electron chi connectivity index (χ3n) is 5.25. The molecule has 6 nitrogen and oxygen atoms in total. The summed E-state index contributed by atoms with van der Waals surface area (Å²) in [7, 11) is 3.17. The fourth-order valence-electron chi connectivity index (χ4n) is 3.40. The highest BCUT2D eigenvalue weighted by Gasteiger charge is 2.18. The monoisotopic (exact) mass is 468 g/mol. The molecule has 178 valence electrons. The molecule has 34 heavy (non-hydrogen) atoms. The molecule has 3 aromatic carbocycles. The number of hydrogen-bond donors (Lipinski definition) is 2. The van der Waals surface area contributed by atoms with Crippen LogP contribution in [-0.4, -0.2) is 32.6 Å². The van der Waals surface area contributed by atoms with E-state index in [9.17, 15) is 18.4 Å². The maximum Gasteiger partial charge on any atom is 0.254 e. The summed E-state index contributed by atoms with van der Waals surface area (Å²) in [4.78, 5) is 24.8. The van der Waals surface area contributed by atoms with E-state index in [1.54, 1.807) is 14.2 Å². The predicted octanol–water partition coefficient (Wildman–Crippen LogP) is 4.40. The first-order valence-electron chi connectivity index (χ1n) is 10.7. The van der Waals surface area contributed by atoms with Gasteiger partial charge in [0.25, 0.3) is 5.91 Å². The lowest BCUT2D eigenvalue weighted by Crippen LogP contribution is -2.31. The maximum absolute atomic E-state index is 13.7. The van der Waals surface area contributed by atoms with Gasteiger partial charge in [-0.05, 0) is 53.9 Å². The van der Waals surface area contributed by atoms with Gasteiger partial charge in [0.05, 0.1) is 25.8 Å². The molecule has 0 aliphatic rings. The quantitative estimate of drug-likeness (QED) is 0.433. The van der Waals surface area contributed by atoms with Gasteiger partial charge < -0.3 is 20.1 Å². The predicted molar refractivity (Wildman–Crippen MR) is 124 cm³/mol. The molecule has 2 N–H and O–H groups in total. The smallest absolute Gasteiger partial charge is 0.254 e. The van der Waals surface area contributed by atoms with Crippen LogP contribution in [-0.2, 0) is 4.79 Å². The number of rotatable bonds is 10. The molecule has 0 heterocycles. The summed E-state index contributed by atoms with van der Waals surface area (Å²) in [5.74, 6) is -1.15. The van der Waals surface area contributed by atoms with Crippen molar-refractivity contribution in [2.45, 2.75) is 18.9 Å². The van der Waals surface area contributed by atoms with E-state index in [1.165, 1.54) is 0 Å². The molecule has 0 atom stereocenters. The minimum absolute atomic E-state index is 0.148. The zero-order valence-electron chi connectivity index (χ0n) is 18.9. The second-order valence-electron chi connectivity index (χ2n) is 7.53. The number of hydrogen-bond acceptors (Lipinski definition) is 4. The summed E-state index contributed by atoms with van der Waals surface area (Å²) in [6, 6.07) is 17.2. The first-order valence-corrected chi connectivity index (χ1v) is 10.7. The molecule has 0 aliphatic heterocycles. The molecule has 0 saturated heterocycles. The third-order valence-corrected chi connectivity index (χ3v) is 5.25. The zero-order chi connectivity index (χ0) is 24.5. The summed E-state index contributed by atoms with van der Waals surface area (Å²) in [5, 5.41) is 5.57. The van der Waals surface area contributed by atoms with Crippen LogP contribution in [0.1, 0.15) is 40.4 Å². The molecule has 0 aliphatic carbocycles. The Kier molecular flexibility index (Phi) is 8.56. The molecule has 0 unspecified atom stereocenters. The number of methoxy groups -OCH3 is 2. The van der Waals surface area contributed by atoms with Crippen LogP contribution < -0.4 is 20.1 Å². The summed E-state index contributed by atoms with van der Waals surface area (Å²) < 4.78 is 37.2. The molecule has 0 bridgehead atoms. The van der Waals surface area contributed by atoms with E-state index < -0.39 is 23.6 Å². The Hall–Kier alpha value is -3.94. The number of carbonyl (C=O) groups is 2. The molecular formula is C26H26F2N2O4. The molecular weight excluding hydrogens is 442 g/mol. The third kappa shape index (κ3) is 6.54. The topological polar surface area (TPSA) is 76.7 Å². The molecule has 0 aromatic heterocycles. The average molecular weight is 469 g/mol. The number of carbonyl (C=O) groups excluding carboxylic acids is 2. The highest BCUT2D eigenvalue weighted by atomic mass is 19.1. The summed E-state index contributed by atoms with van der Waals surface area (Å²) in [5.41, 5.74) is 1.50. The fourth-order valence-corrected chi connectivity index (χ4v) is 3.40. The lowest BCUT2D eigenvalue weighted by atomic mass is 9.98. The van der Waals surface area contributed by atoms with Crippen LogP contribution in [0.4, 0.5) is 8.78 Å². The minimum atomic E-state index is -0.933. The molecule has 2 amide bonds. The van der Waals surface area contributed by atoms with Crippen molar-refractivity contribution in [1.29, 1.82) is 0 Å². The fraction of sp³-hybridized carbons (Fsp3) is 0.231. The van der Waals surface area contributed by atoms with Gasteiger partial charge in [0, 0.05) is 19.0 Å². The number of nitrogens with one attached hydrogen (secondary N) is 2. The van der Waals surface area contributed by atoms with Crippen LogP contribution in [0.3, 0.4) is 0 Å². The summed E-state index contributed by atoms with van der Waals surface area (Å²) >= 11 is 0. The van der Waals surface area contributed by atoms with E-state index in [0.29, 0.717) is 24.0 Å². The van der Waals surface area contributed by atoms with Gasteiger partial charge in [0.15, 0.2) is 0 Å². The Bertz CT molecular complexity index is 1070. The standard InChI is InChI=1S/C26H26F2N2O4/c1-33-20-10-5-17(6-11-20)25(18-7-12-21(34-2)13-8-18)30-24(31)4-3-15-29-26(32)22-14-9-19(27)16-23(22)28/h5-14,16,25H,3-4,15H2,1-2H3,(H,29,32)(H,30,31). The summed E-state index contributed by atoms with van der Waals surface area (Å²) in [6.07, 6.45) is 0.493. The Labute approximate surface area is 196 Å². The van der Waals surface area contributed by atoms with Gasteiger partial charge in [-0.25, -0.2) is 8.78 Å². The van der Waals surface area contributed by atoms with E-state index in [4.69, 9.17) is 9.47 Å². The van der Waals surface area contributed by atoms with Gasteiger partial charge in [0.1, 0.15) is 23.1 Å². The maximum atomic E-state index is 13.7. The minimum Gasteiger partial charge on any atom is -0.497 e. The molecule has 0 saturated carbocycles. The Morgan fingerprint density at radius 2 is 1.41 bits per heavy atom. The van der Waals surface area contributed by atoms with Crippen LogP contribution in [0.25, 0.3) is 0 Å². The van der Waals surface area contributed by atoms with Crippen molar-refractivity contribution in [1.82, 2.24) is 10.6 Å². The molecule has 8 heteroatoms. The second kappa shape index (κ2) is 11.8. The lowest BCUT2D eigenvalue weighted by Gasteiger charge is -2.20. The molecule has 0 spiro atoms. The van der Waals surface area contributed by atoms with Crippen LogP contribution >= 0.6 is 0 Å². The number of benzene rings is 3. The highest BCUT2D eigenvalue weighted by molar-refractivity contribution is 5.94. The van der Waals surface area contributed by atoms with Crippen molar-refractivity contribution < 1.29 is 27.8 Å². The second-order valence-corrected chi connectivity index (χ2v) is 7.53. The van der Waals surface area contributed by atoms with Crippen molar-refractivity contribution in [3.05, 3.63) is 95.1 Å². The van der Waals surface area contributed by atoms with Crippen molar-refractivity contribution in [2.75, 3.05) is 20.8 Å². The molecule has 0 radical (unpaired) electrons. The van der Waals surface area contributed by atoms with Crippen LogP contribution in [0.2, 0.25) is 0 Å². The van der Waals surface area contributed by atoms with Gasteiger partial charge in [-0.2, -0.15) is 0 Å². The van der Waals surface area contributed by atoms with E-state index >= 15 is 0 Å². The van der Waals surface area contributed by atoms with Crippen molar-refractivity contribution in [3.63, 3.8) is 0 Å². The van der Waals surface area contributed by atoms with Gasteiger partial charge in [0.2, 0.25) is 5.91 Å². The number of amides is 2. The SMILES string of the molecule is COc1ccc(C(NC(=O)CCCNC(=O)c2ccc(F)cc2F)c2ccc(OC)cc2)cc1. The first kappa shape index (κ1) is 24.7. The molecule has 3 aromatic rings. The lowest BCUT2D eigenvalue weighted by molar-refractivity contribution is -0.121. The Balaban J connectivity index is 1.60. The van der Waals surface area contributed by atoms with Gasteiger partial charge in [-0.3, -0.25) is 9.59 Å². The van der Waals surface area contributed by atoms with Crippen LogP contribution in [0.15, 0.2) is 66.7 Å². The van der Waals surface area contributed by atoms with Crippen molar-refractivity contribution in [3.8, 4) is 11.5 Å². The largest absolute Gasteiger partial charge is 0.497 e. The normalized spacial score (nSPS) is 10.6. The van der Waals surface area contributed by atoms with E-state index in [0.717, 1.165) is 23.3 Å². The van der Waals surface area contributed by atoms with Crippen molar-refractivity contribution in [2.24, 2.45) is 0 Å². The van der Waals surface area contributed by atoms with E-state index in [-0.39, 0.29) is 24.4 Å². The Morgan fingerprint density at radius 3 is 1.91 bits per heavy atom. The van der Waals surface area contributed by atoms with Crippen LogP contribution in [0, 0.1) is 11.6 Å². The number of ether oxygens (including phenoxy) is 2. The highest BCUT2D eigenvalue weighted by Crippen LogP contribution is 2.26. The van der Waals surface area contributed by atoms with Gasteiger partial charge >= 0.3 is 0 Å². The zero-order valence-corrected chi connectivity index (χ0v) is 18.9. The molecule has 3 rings (SSSR count). The van der Waals surface area contributed by atoms with Gasteiger partial charge in [-0.1, -0.05) is 24.3 Å². The van der Waals surface area contributed by atoms with Gasteiger partial charge in [-0.15, -0.1) is 0 Å². The molecule has 0 fully saturated rings. The summed E-state index contributed by atoms with van der Waals surface area (Å²) in [6.45, 7) is 0.165. The average Bonchev–Trinajstić information content (AvgIpc) is 2.85. The van der Waals surface area contributed by atoms with Crippen LogP contribution in [0.5, 0.6) is 11.5 Å². The Morgan fingerprint density at radius 1 is 0.853 bits per heavy atom. The van der Waals surface area contributed by atoms with Crippen molar-refractivity contribution >= 4 is 11.8 Å². The van der Waals surface area contributed by atoms with E-state index in [1.807, 2.05) is 48.5 Å². The van der Waals surface area contributed by atoms with E-state index in [2.05, 4.69) is 10.6 Å².